The fourth-order valence-corrected chi connectivity index (χ4v) is 1.82. The smallest absolute Gasteiger partial charge is 0.147 e. The van der Waals surface area contributed by atoms with Crippen LogP contribution in [0.25, 0.3) is 11.1 Å². The van der Waals surface area contributed by atoms with E-state index in [1.807, 2.05) is 0 Å². The van der Waals surface area contributed by atoms with Crippen molar-refractivity contribution in [1.29, 1.82) is 0 Å². The Hall–Kier alpha value is -2.18. The van der Waals surface area contributed by atoms with E-state index in [1.165, 1.54) is 37.3 Å². The summed E-state index contributed by atoms with van der Waals surface area (Å²) in [4.78, 5) is 0. The lowest BCUT2D eigenvalue weighted by Crippen LogP contribution is -2.17. The highest BCUT2D eigenvalue weighted by atomic mass is 19.1. The van der Waals surface area contributed by atoms with Crippen molar-refractivity contribution in [3.63, 3.8) is 0 Å². The van der Waals surface area contributed by atoms with Crippen molar-refractivity contribution in [3.8, 4) is 23.5 Å². The Bertz CT molecular complexity index is 617. The maximum absolute atomic E-state index is 13.6. The number of hydrogen-bond donors (Lipinski definition) is 1. The second kappa shape index (κ2) is 4.83. The third-order valence-corrected chi connectivity index (χ3v) is 2.98. The van der Waals surface area contributed by atoms with Crippen LogP contribution in [0.5, 0.6) is 0 Å². The second-order valence-electron chi connectivity index (χ2n) is 4.39. The molecule has 2 aromatic rings. The molecule has 0 saturated carbocycles. The molecule has 0 saturated heterocycles. The third-order valence-electron chi connectivity index (χ3n) is 2.98. The van der Waals surface area contributed by atoms with Crippen LogP contribution in [-0.4, -0.2) is 5.11 Å². The zero-order chi connectivity index (χ0) is 14.0. The molecule has 0 aliphatic rings. The molecule has 0 fully saturated rings. The van der Waals surface area contributed by atoms with E-state index in [4.69, 9.17) is 6.42 Å². The Morgan fingerprint density at radius 2 is 1.58 bits per heavy atom. The minimum atomic E-state index is -1.40. The minimum Gasteiger partial charge on any atom is -0.374 e. The van der Waals surface area contributed by atoms with Gasteiger partial charge in [-0.3, -0.25) is 0 Å². The summed E-state index contributed by atoms with van der Waals surface area (Å²) in [6, 6.07) is 9.88. The number of halogens is 2. The molecule has 2 rings (SSSR count). The van der Waals surface area contributed by atoms with Crippen molar-refractivity contribution in [2.24, 2.45) is 0 Å². The molecule has 96 valence electrons. The lowest BCUT2D eigenvalue weighted by Gasteiger charge is -2.17. The van der Waals surface area contributed by atoms with Gasteiger partial charge < -0.3 is 5.11 Å². The molecule has 0 aromatic heterocycles. The van der Waals surface area contributed by atoms with Gasteiger partial charge in [0.15, 0.2) is 0 Å². The molecular weight excluding hydrogens is 246 g/mol. The van der Waals surface area contributed by atoms with Gasteiger partial charge in [-0.15, -0.1) is 6.42 Å². The normalized spacial score (nSPS) is 13.6. The van der Waals surface area contributed by atoms with E-state index in [1.54, 1.807) is 12.1 Å². The van der Waals surface area contributed by atoms with Gasteiger partial charge in [-0.05, 0) is 30.2 Å². The van der Waals surface area contributed by atoms with E-state index in [-0.39, 0.29) is 5.56 Å². The number of hydrogen-bond acceptors (Lipinski definition) is 1. The maximum atomic E-state index is 13.6. The minimum absolute atomic E-state index is 0.0885. The molecule has 0 bridgehead atoms. The van der Waals surface area contributed by atoms with Gasteiger partial charge in [-0.1, -0.05) is 36.3 Å². The third kappa shape index (κ3) is 2.49. The molecular formula is C16H12F2O. The Balaban J connectivity index is 2.48. The highest BCUT2D eigenvalue weighted by Crippen LogP contribution is 2.28. The van der Waals surface area contributed by atoms with E-state index < -0.39 is 17.2 Å². The van der Waals surface area contributed by atoms with Crippen molar-refractivity contribution < 1.29 is 13.9 Å². The van der Waals surface area contributed by atoms with E-state index in [0.717, 1.165) is 0 Å². The van der Waals surface area contributed by atoms with E-state index >= 15 is 0 Å². The van der Waals surface area contributed by atoms with E-state index in [0.29, 0.717) is 11.1 Å². The van der Waals surface area contributed by atoms with Crippen LogP contribution in [0, 0.1) is 24.0 Å². The first-order chi connectivity index (χ1) is 8.95. The number of rotatable bonds is 2. The first-order valence-corrected chi connectivity index (χ1v) is 5.71. The van der Waals surface area contributed by atoms with Gasteiger partial charge in [-0.25, -0.2) is 8.78 Å². The number of benzene rings is 2. The summed E-state index contributed by atoms with van der Waals surface area (Å²) in [6.07, 6.45) is 5.22. The van der Waals surface area contributed by atoms with Gasteiger partial charge in [-0.2, -0.15) is 0 Å². The average molecular weight is 258 g/mol. The summed E-state index contributed by atoms with van der Waals surface area (Å²) in [7, 11) is 0. The second-order valence-corrected chi connectivity index (χ2v) is 4.39. The summed E-state index contributed by atoms with van der Waals surface area (Å²) in [5, 5.41) is 9.88. The van der Waals surface area contributed by atoms with Crippen LogP contribution in [0.1, 0.15) is 12.5 Å². The SMILES string of the molecule is C#CC(C)(O)c1ccc(-c2c(F)cccc2F)cc1. The van der Waals surface area contributed by atoms with Crippen LogP contribution in [0.2, 0.25) is 0 Å². The average Bonchev–Trinajstić information content (AvgIpc) is 2.39. The fraction of sp³-hybridized carbons (Fsp3) is 0.125. The molecule has 0 radical (unpaired) electrons. The molecule has 1 atom stereocenters. The first-order valence-electron chi connectivity index (χ1n) is 5.71. The Labute approximate surface area is 110 Å². The molecule has 19 heavy (non-hydrogen) atoms. The van der Waals surface area contributed by atoms with Crippen LogP contribution < -0.4 is 0 Å². The molecule has 0 spiro atoms. The monoisotopic (exact) mass is 258 g/mol. The van der Waals surface area contributed by atoms with Gasteiger partial charge in [0.2, 0.25) is 0 Å². The Morgan fingerprint density at radius 3 is 2.05 bits per heavy atom. The van der Waals surface area contributed by atoms with Crippen LogP contribution in [0.15, 0.2) is 42.5 Å². The maximum Gasteiger partial charge on any atom is 0.147 e. The van der Waals surface area contributed by atoms with Gasteiger partial charge >= 0.3 is 0 Å². The Kier molecular flexibility index (Phi) is 3.37. The van der Waals surface area contributed by atoms with Gasteiger partial charge in [0.25, 0.3) is 0 Å². The summed E-state index contributed by atoms with van der Waals surface area (Å²) in [5.74, 6) is 0.990. The molecule has 0 aliphatic carbocycles. The molecule has 0 aliphatic heterocycles. The lowest BCUT2D eigenvalue weighted by molar-refractivity contribution is 0.122. The molecule has 1 unspecified atom stereocenters. The van der Waals surface area contributed by atoms with Gasteiger partial charge in [0.1, 0.15) is 17.2 Å². The molecule has 0 heterocycles. The largest absolute Gasteiger partial charge is 0.374 e. The molecule has 1 nitrogen and oxygen atoms in total. The molecule has 2 aromatic carbocycles. The zero-order valence-corrected chi connectivity index (χ0v) is 10.3. The van der Waals surface area contributed by atoms with Crippen LogP contribution in [-0.2, 0) is 5.60 Å². The van der Waals surface area contributed by atoms with Crippen molar-refractivity contribution in [3.05, 3.63) is 59.7 Å². The summed E-state index contributed by atoms with van der Waals surface area (Å²) < 4.78 is 27.2. The van der Waals surface area contributed by atoms with Crippen molar-refractivity contribution in [1.82, 2.24) is 0 Å². The predicted octanol–water partition coefficient (Wildman–Crippen LogP) is 3.47. The van der Waals surface area contributed by atoms with Crippen molar-refractivity contribution in [2.75, 3.05) is 0 Å². The molecule has 1 N–H and O–H groups in total. The predicted molar refractivity (Wildman–Crippen MR) is 70.2 cm³/mol. The van der Waals surface area contributed by atoms with E-state index in [9.17, 15) is 13.9 Å². The van der Waals surface area contributed by atoms with E-state index in [2.05, 4.69) is 5.92 Å². The number of aliphatic hydroxyl groups is 1. The summed E-state index contributed by atoms with van der Waals surface area (Å²) >= 11 is 0. The standard InChI is InChI=1S/C16H12F2O/c1-3-16(2,19)12-9-7-11(8-10-12)15-13(17)5-4-6-14(15)18/h1,4-10,19H,2H3. The summed E-state index contributed by atoms with van der Waals surface area (Å²) in [6.45, 7) is 1.48. The van der Waals surface area contributed by atoms with Gasteiger partial charge in [0.05, 0.1) is 5.56 Å². The molecule has 3 heteroatoms. The first kappa shape index (κ1) is 13.3. The van der Waals surface area contributed by atoms with Crippen LogP contribution >= 0.6 is 0 Å². The fourth-order valence-electron chi connectivity index (χ4n) is 1.82. The topological polar surface area (TPSA) is 20.2 Å². The van der Waals surface area contributed by atoms with Gasteiger partial charge in [0, 0.05) is 0 Å². The highest BCUT2D eigenvalue weighted by Gasteiger charge is 2.19. The summed E-state index contributed by atoms with van der Waals surface area (Å²) in [5.41, 5.74) is -0.594. The van der Waals surface area contributed by atoms with Crippen molar-refractivity contribution >= 4 is 0 Å². The number of terminal acetylenes is 1. The quantitative estimate of drug-likeness (QED) is 0.818. The lowest BCUT2D eigenvalue weighted by atomic mass is 9.94. The molecule has 0 amide bonds. The van der Waals surface area contributed by atoms with Crippen LogP contribution in [0.3, 0.4) is 0 Å². The highest BCUT2D eigenvalue weighted by molar-refractivity contribution is 5.65. The Morgan fingerprint density at radius 1 is 1.05 bits per heavy atom. The zero-order valence-electron chi connectivity index (χ0n) is 10.3. The van der Waals surface area contributed by atoms with Crippen molar-refractivity contribution in [2.45, 2.75) is 12.5 Å². The van der Waals surface area contributed by atoms with Crippen LogP contribution in [0.4, 0.5) is 8.78 Å².